The van der Waals surface area contributed by atoms with Crippen molar-refractivity contribution in [3.05, 3.63) is 82.9 Å². The molecule has 0 aliphatic carbocycles. The summed E-state index contributed by atoms with van der Waals surface area (Å²) in [6, 6.07) is 19.4. The fourth-order valence-corrected chi connectivity index (χ4v) is 4.76. The number of hydrogen-bond donors (Lipinski definition) is 3. The Morgan fingerprint density at radius 1 is 0.800 bits per heavy atom. The van der Waals surface area contributed by atoms with Crippen molar-refractivity contribution < 1.29 is 14.6 Å². The van der Waals surface area contributed by atoms with Crippen molar-refractivity contribution in [3.63, 3.8) is 0 Å². The molecule has 0 fully saturated rings. The van der Waals surface area contributed by atoms with Crippen LogP contribution < -0.4 is 15.4 Å². The van der Waals surface area contributed by atoms with Gasteiger partial charge in [0, 0.05) is 11.4 Å². The molecule has 0 saturated carbocycles. The normalized spacial score (nSPS) is 11.8. The maximum atomic E-state index is 12.8. The second-order valence-corrected chi connectivity index (χ2v) is 12.7. The minimum Gasteiger partial charge on any atom is -0.507 e. The lowest BCUT2D eigenvalue weighted by Crippen LogP contribution is -2.20. The molecule has 5 heteroatoms. The Labute approximate surface area is 241 Å². The number of amides is 2. The van der Waals surface area contributed by atoms with Crippen molar-refractivity contribution in [3.8, 4) is 11.5 Å². The van der Waals surface area contributed by atoms with Crippen LogP contribution in [0.3, 0.4) is 0 Å². The molecule has 3 aromatic carbocycles. The first kappa shape index (κ1) is 31.1. The number of nitrogens with one attached hydrogen (secondary N) is 2. The van der Waals surface area contributed by atoms with Gasteiger partial charge in [0.2, 0.25) is 0 Å². The van der Waals surface area contributed by atoms with Crippen molar-refractivity contribution in [1.29, 1.82) is 0 Å². The van der Waals surface area contributed by atoms with E-state index in [1.165, 1.54) is 24.8 Å². The Balaban J connectivity index is 1.65. The number of urea groups is 1. The van der Waals surface area contributed by atoms with E-state index in [1.807, 2.05) is 42.5 Å². The maximum Gasteiger partial charge on any atom is 0.323 e. The third-order valence-corrected chi connectivity index (χ3v) is 7.11. The zero-order chi connectivity index (χ0) is 29.3. The Morgan fingerprint density at radius 2 is 1.43 bits per heavy atom. The van der Waals surface area contributed by atoms with Crippen LogP contribution in [0.4, 0.5) is 16.2 Å². The number of hydrogen-bond acceptors (Lipinski definition) is 3. The van der Waals surface area contributed by atoms with Gasteiger partial charge in [0.25, 0.3) is 0 Å². The molecule has 0 atom stereocenters. The lowest BCUT2D eigenvalue weighted by molar-refractivity contribution is 0.262. The number of para-hydroxylation sites is 1. The third-order valence-electron chi connectivity index (χ3n) is 7.11. The first-order valence-electron chi connectivity index (χ1n) is 14.6. The van der Waals surface area contributed by atoms with Crippen LogP contribution in [-0.4, -0.2) is 17.7 Å². The number of phenolic OH excluding ortho intramolecular Hbond substituents is 1. The number of ether oxygens (including phenoxy) is 1. The van der Waals surface area contributed by atoms with E-state index in [0.717, 1.165) is 47.4 Å². The number of anilines is 2. The molecule has 3 N–H and O–H groups in total. The maximum absolute atomic E-state index is 12.8. The second-order valence-electron chi connectivity index (χ2n) is 12.7. The Bertz CT molecular complexity index is 1220. The van der Waals surface area contributed by atoms with E-state index in [0.29, 0.717) is 18.0 Å². The lowest BCUT2D eigenvalue weighted by Gasteiger charge is -2.28. The van der Waals surface area contributed by atoms with Crippen LogP contribution >= 0.6 is 0 Å². The summed E-state index contributed by atoms with van der Waals surface area (Å²) in [6.45, 7) is 15.7. The minimum absolute atomic E-state index is 0.170. The molecule has 40 heavy (non-hydrogen) atoms. The molecule has 0 spiro atoms. The predicted octanol–water partition coefficient (Wildman–Crippen LogP) is 9.38. The van der Waals surface area contributed by atoms with Crippen molar-refractivity contribution in [2.45, 2.75) is 97.8 Å². The molecule has 0 unspecified atom stereocenters. The van der Waals surface area contributed by atoms with Gasteiger partial charge in [-0.2, -0.15) is 0 Å². The van der Waals surface area contributed by atoms with Crippen LogP contribution in [0, 0.1) is 0 Å². The molecule has 0 radical (unpaired) electrons. The number of unbranched alkanes of at least 4 members (excludes halogenated alkanes) is 3. The second kappa shape index (κ2) is 13.7. The molecule has 5 nitrogen and oxygen atoms in total. The molecule has 0 aliphatic rings. The van der Waals surface area contributed by atoms with Gasteiger partial charge in [0.1, 0.15) is 11.5 Å². The topological polar surface area (TPSA) is 70.6 Å². The van der Waals surface area contributed by atoms with Gasteiger partial charge in [-0.3, -0.25) is 0 Å². The summed E-state index contributed by atoms with van der Waals surface area (Å²) >= 11 is 0. The lowest BCUT2D eigenvalue weighted by atomic mass is 9.78. The number of phenols is 1. The molecule has 0 aromatic heterocycles. The van der Waals surface area contributed by atoms with E-state index in [4.69, 9.17) is 4.74 Å². The highest BCUT2D eigenvalue weighted by molar-refractivity contribution is 6.00. The first-order chi connectivity index (χ1) is 18.9. The minimum atomic E-state index is -0.282. The van der Waals surface area contributed by atoms with Gasteiger partial charge in [-0.1, -0.05) is 98.1 Å². The molecular formula is C35H48N2O3. The van der Waals surface area contributed by atoms with Crippen LogP contribution in [0.25, 0.3) is 0 Å². The van der Waals surface area contributed by atoms with E-state index in [2.05, 4.69) is 77.3 Å². The average Bonchev–Trinajstić information content (AvgIpc) is 2.88. The highest BCUT2D eigenvalue weighted by Gasteiger charge is 2.26. The molecule has 0 saturated heterocycles. The summed E-state index contributed by atoms with van der Waals surface area (Å²) in [5, 5.41) is 17.0. The van der Waals surface area contributed by atoms with Crippen LogP contribution in [0.1, 0.15) is 96.4 Å². The van der Waals surface area contributed by atoms with Gasteiger partial charge < -0.3 is 20.5 Å². The van der Waals surface area contributed by atoms with Crippen molar-refractivity contribution in [1.82, 2.24) is 0 Å². The van der Waals surface area contributed by atoms with Crippen LogP contribution in [-0.2, 0) is 23.7 Å². The molecule has 0 heterocycles. The molecule has 3 rings (SSSR count). The van der Waals surface area contributed by atoms with Crippen LogP contribution in [0.2, 0.25) is 0 Å². The smallest absolute Gasteiger partial charge is 0.323 e. The van der Waals surface area contributed by atoms with Crippen molar-refractivity contribution in [2.75, 3.05) is 17.2 Å². The highest BCUT2D eigenvalue weighted by Crippen LogP contribution is 2.40. The van der Waals surface area contributed by atoms with E-state index in [1.54, 1.807) is 0 Å². The van der Waals surface area contributed by atoms with Gasteiger partial charge >= 0.3 is 6.03 Å². The Hall–Kier alpha value is -3.47. The van der Waals surface area contributed by atoms with Crippen LogP contribution in [0.5, 0.6) is 11.5 Å². The number of carbonyl (C=O) groups is 1. The highest BCUT2D eigenvalue weighted by atomic mass is 16.5. The summed E-state index contributed by atoms with van der Waals surface area (Å²) in [5.74, 6) is 1.21. The zero-order valence-electron chi connectivity index (χ0n) is 25.5. The SMILES string of the molecule is CCCCCCOc1ccc(NC(=O)Nc2ccccc2CCc2cc(C(C)(C)C)c(O)c(C(C)(C)C)c2)cc1. The molecule has 0 bridgehead atoms. The number of benzene rings is 3. The molecule has 0 aliphatic heterocycles. The average molecular weight is 545 g/mol. The summed E-state index contributed by atoms with van der Waals surface area (Å²) in [6.07, 6.45) is 6.24. The summed E-state index contributed by atoms with van der Waals surface area (Å²) < 4.78 is 5.80. The van der Waals surface area contributed by atoms with Gasteiger partial charge in [-0.15, -0.1) is 0 Å². The van der Waals surface area contributed by atoms with Crippen LogP contribution in [0.15, 0.2) is 60.7 Å². The van der Waals surface area contributed by atoms with Gasteiger partial charge in [0.05, 0.1) is 6.61 Å². The Kier molecular flexibility index (Phi) is 10.7. The van der Waals surface area contributed by atoms with Crippen molar-refractivity contribution in [2.24, 2.45) is 0 Å². The summed E-state index contributed by atoms with van der Waals surface area (Å²) in [5.41, 5.74) is 5.33. The monoisotopic (exact) mass is 544 g/mol. The van der Waals surface area contributed by atoms with E-state index in [-0.39, 0.29) is 16.9 Å². The standard InChI is InChI=1S/C35H48N2O3/c1-8-9-10-13-22-40-28-20-18-27(19-21-28)36-33(39)37-31-15-12-11-14-26(31)17-16-25-23-29(34(2,3)4)32(38)30(24-25)35(5,6)7/h11-12,14-15,18-21,23-24,38H,8-10,13,16-17,22H2,1-7H3,(H2,36,37,39). The van der Waals surface area contributed by atoms with E-state index < -0.39 is 0 Å². The zero-order valence-corrected chi connectivity index (χ0v) is 25.5. The number of carbonyl (C=O) groups excluding carboxylic acids is 1. The van der Waals surface area contributed by atoms with Crippen molar-refractivity contribution >= 4 is 17.4 Å². The largest absolute Gasteiger partial charge is 0.507 e. The fraction of sp³-hybridized carbons (Fsp3) is 0.457. The van der Waals surface area contributed by atoms with E-state index >= 15 is 0 Å². The van der Waals surface area contributed by atoms with Gasteiger partial charge in [-0.25, -0.2) is 4.79 Å². The fourth-order valence-electron chi connectivity index (χ4n) is 4.76. The number of rotatable bonds is 11. The first-order valence-corrected chi connectivity index (χ1v) is 14.6. The molecular weight excluding hydrogens is 496 g/mol. The third kappa shape index (κ3) is 9.04. The van der Waals surface area contributed by atoms with Gasteiger partial charge in [-0.05, 0) is 82.7 Å². The molecule has 216 valence electrons. The Morgan fingerprint density at radius 3 is 2.02 bits per heavy atom. The summed E-state index contributed by atoms with van der Waals surface area (Å²) in [7, 11) is 0. The number of aromatic hydroxyl groups is 1. The quantitative estimate of drug-likeness (QED) is 0.211. The molecule has 2 amide bonds. The van der Waals surface area contributed by atoms with E-state index in [9.17, 15) is 9.90 Å². The number of aryl methyl sites for hydroxylation is 2. The predicted molar refractivity (Wildman–Crippen MR) is 168 cm³/mol. The van der Waals surface area contributed by atoms with Gasteiger partial charge in [0.15, 0.2) is 0 Å². The molecule has 3 aromatic rings. The summed E-state index contributed by atoms with van der Waals surface area (Å²) in [4.78, 5) is 12.8.